The van der Waals surface area contributed by atoms with Crippen LogP contribution in [-0.4, -0.2) is 0 Å². The van der Waals surface area contributed by atoms with Crippen LogP contribution in [0.2, 0.25) is 0 Å². The van der Waals surface area contributed by atoms with Crippen molar-refractivity contribution in [1.29, 1.82) is 10.5 Å². The summed E-state index contributed by atoms with van der Waals surface area (Å²) in [4.78, 5) is 0. The first-order valence-electron chi connectivity index (χ1n) is 4.40. The number of fused-ring (bicyclic) bond motifs is 1. The first-order valence-corrected chi connectivity index (χ1v) is 6.56. The highest BCUT2D eigenvalue weighted by Gasteiger charge is 2.39. The SMILES string of the molecule is N#CC1(C#N)Cc2c(I)ccc(I)c2C1. The Hall–Kier alpha value is -0.340. The van der Waals surface area contributed by atoms with E-state index < -0.39 is 5.41 Å². The molecule has 0 heterocycles. The highest BCUT2D eigenvalue weighted by atomic mass is 127. The zero-order valence-electron chi connectivity index (χ0n) is 7.72. The lowest BCUT2D eigenvalue weighted by Gasteiger charge is -2.07. The van der Waals surface area contributed by atoms with Gasteiger partial charge in [0.1, 0.15) is 0 Å². The lowest BCUT2D eigenvalue weighted by Crippen LogP contribution is -2.15. The van der Waals surface area contributed by atoms with Crippen molar-refractivity contribution in [2.24, 2.45) is 5.41 Å². The summed E-state index contributed by atoms with van der Waals surface area (Å²) < 4.78 is 2.32. The summed E-state index contributed by atoms with van der Waals surface area (Å²) >= 11 is 4.54. The van der Waals surface area contributed by atoms with E-state index in [1.165, 1.54) is 11.1 Å². The molecule has 15 heavy (non-hydrogen) atoms. The van der Waals surface area contributed by atoms with Crippen LogP contribution in [0.1, 0.15) is 11.1 Å². The number of halogens is 2. The second-order valence-electron chi connectivity index (χ2n) is 3.65. The van der Waals surface area contributed by atoms with E-state index in [2.05, 4.69) is 57.3 Å². The summed E-state index contributed by atoms with van der Waals surface area (Å²) in [5.41, 5.74) is 1.54. The standard InChI is InChI=1S/C11H6I2N2/c12-9-1-2-10(13)8-4-11(5-14,6-15)3-7(8)9/h1-2H,3-4H2. The summed E-state index contributed by atoms with van der Waals surface area (Å²) in [7, 11) is 0. The summed E-state index contributed by atoms with van der Waals surface area (Å²) in [5.74, 6) is 0. The van der Waals surface area contributed by atoms with Gasteiger partial charge in [-0.1, -0.05) is 0 Å². The average molecular weight is 420 g/mol. The molecule has 0 fully saturated rings. The molecular weight excluding hydrogens is 414 g/mol. The quantitative estimate of drug-likeness (QED) is 0.607. The summed E-state index contributed by atoms with van der Waals surface area (Å²) in [5, 5.41) is 18.2. The number of nitrogens with zero attached hydrogens (tertiary/aromatic N) is 2. The molecular formula is C11H6I2N2. The number of nitriles is 2. The highest BCUT2D eigenvalue weighted by molar-refractivity contribution is 14.1. The van der Waals surface area contributed by atoms with Gasteiger partial charge in [0.15, 0.2) is 5.41 Å². The topological polar surface area (TPSA) is 47.6 Å². The number of benzene rings is 1. The minimum absolute atomic E-state index is 0.574. The lowest BCUT2D eigenvalue weighted by atomic mass is 9.89. The van der Waals surface area contributed by atoms with Crippen molar-refractivity contribution >= 4 is 45.2 Å². The molecule has 1 aliphatic rings. The van der Waals surface area contributed by atoms with E-state index in [9.17, 15) is 0 Å². The van der Waals surface area contributed by atoms with E-state index in [1.54, 1.807) is 0 Å². The molecule has 74 valence electrons. The average Bonchev–Trinajstić information content (AvgIpc) is 2.65. The van der Waals surface area contributed by atoms with Crippen molar-refractivity contribution in [3.63, 3.8) is 0 Å². The summed E-state index contributed by atoms with van der Waals surface area (Å²) in [6.07, 6.45) is 1.15. The van der Waals surface area contributed by atoms with Gasteiger partial charge in [0, 0.05) is 20.0 Å². The Morgan fingerprint density at radius 3 is 1.73 bits per heavy atom. The molecule has 2 rings (SSSR count). The van der Waals surface area contributed by atoms with Gasteiger partial charge in [-0.3, -0.25) is 0 Å². The molecule has 0 saturated carbocycles. The maximum Gasteiger partial charge on any atom is 0.151 e. The minimum atomic E-state index is -0.830. The van der Waals surface area contributed by atoms with Crippen molar-refractivity contribution in [3.8, 4) is 12.1 Å². The molecule has 1 aromatic rings. The van der Waals surface area contributed by atoms with Gasteiger partial charge < -0.3 is 0 Å². The zero-order valence-corrected chi connectivity index (χ0v) is 12.0. The van der Waals surface area contributed by atoms with Crippen LogP contribution in [0.15, 0.2) is 12.1 Å². The molecule has 0 N–H and O–H groups in total. The molecule has 2 nitrogen and oxygen atoms in total. The van der Waals surface area contributed by atoms with Crippen molar-refractivity contribution in [2.45, 2.75) is 12.8 Å². The molecule has 0 radical (unpaired) electrons. The Morgan fingerprint density at radius 1 is 1.00 bits per heavy atom. The van der Waals surface area contributed by atoms with E-state index >= 15 is 0 Å². The normalized spacial score (nSPS) is 16.5. The molecule has 1 aliphatic carbocycles. The van der Waals surface area contributed by atoms with Gasteiger partial charge in [-0.05, 0) is 68.4 Å². The zero-order chi connectivity index (χ0) is 11.1. The third-order valence-electron chi connectivity index (χ3n) is 2.70. The fraction of sp³-hybridized carbons (Fsp3) is 0.273. The smallest absolute Gasteiger partial charge is 0.151 e. The Kier molecular flexibility index (Phi) is 2.91. The predicted octanol–water partition coefficient (Wildman–Crippen LogP) is 3.03. The molecule has 0 amide bonds. The van der Waals surface area contributed by atoms with Crippen molar-refractivity contribution < 1.29 is 0 Å². The Balaban J connectivity index is 2.58. The van der Waals surface area contributed by atoms with Gasteiger partial charge in [0.05, 0.1) is 12.1 Å². The summed E-state index contributed by atoms with van der Waals surface area (Å²) in [6.45, 7) is 0. The fourth-order valence-electron chi connectivity index (χ4n) is 1.87. The van der Waals surface area contributed by atoms with E-state index in [-0.39, 0.29) is 0 Å². The molecule has 1 aromatic carbocycles. The van der Waals surface area contributed by atoms with Crippen LogP contribution < -0.4 is 0 Å². The van der Waals surface area contributed by atoms with Crippen molar-refractivity contribution in [2.75, 3.05) is 0 Å². The molecule has 0 saturated heterocycles. The van der Waals surface area contributed by atoms with Crippen LogP contribution in [0, 0.1) is 35.2 Å². The molecule has 0 atom stereocenters. The third kappa shape index (κ3) is 1.74. The first-order chi connectivity index (χ1) is 7.12. The fourth-order valence-corrected chi connectivity index (χ4v) is 3.26. The van der Waals surface area contributed by atoms with Crippen molar-refractivity contribution in [3.05, 3.63) is 30.4 Å². The number of rotatable bonds is 0. The highest BCUT2D eigenvalue weighted by Crippen LogP contribution is 2.40. The Morgan fingerprint density at radius 2 is 1.40 bits per heavy atom. The van der Waals surface area contributed by atoms with Crippen molar-refractivity contribution in [1.82, 2.24) is 0 Å². The Bertz CT molecular complexity index is 462. The maximum atomic E-state index is 9.09. The van der Waals surface area contributed by atoms with Gasteiger partial charge in [-0.15, -0.1) is 0 Å². The van der Waals surface area contributed by atoms with E-state index in [0.717, 1.165) is 7.14 Å². The van der Waals surface area contributed by atoms with Gasteiger partial charge >= 0.3 is 0 Å². The number of hydrogen-bond acceptors (Lipinski definition) is 2. The molecule has 0 unspecified atom stereocenters. The first kappa shape index (κ1) is 11.2. The van der Waals surface area contributed by atoms with E-state index in [4.69, 9.17) is 10.5 Å². The molecule has 0 bridgehead atoms. The lowest BCUT2D eigenvalue weighted by molar-refractivity contribution is 0.559. The summed E-state index contributed by atoms with van der Waals surface area (Å²) in [6, 6.07) is 8.42. The van der Waals surface area contributed by atoms with Gasteiger partial charge in [0.25, 0.3) is 0 Å². The molecule has 0 aliphatic heterocycles. The van der Waals surface area contributed by atoms with Crippen LogP contribution in [-0.2, 0) is 12.8 Å². The predicted molar refractivity (Wildman–Crippen MR) is 72.9 cm³/mol. The van der Waals surface area contributed by atoms with Crippen LogP contribution in [0.4, 0.5) is 0 Å². The van der Waals surface area contributed by atoms with Gasteiger partial charge in [-0.25, -0.2) is 0 Å². The monoisotopic (exact) mass is 420 g/mol. The van der Waals surface area contributed by atoms with E-state index in [1.807, 2.05) is 12.1 Å². The van der Waals surface area contributed by atoms with E-state index in [0.29, 0.717) is 12.8 Å². The van der Waals surface area contributed by atoms with Gasteiger partial charge in [0.2, 0.25) is 0 Å². The third-order valence-corrected chi connectivity index (χ3v) is 4.72. The Labute approximate surface area is 116 Å². The molecule has 0 spiro atoms. The number of hydrogen-bond donors (Lipinski definition) is 0. The largest absolute Gasteiger partial charge is 0.197 e. The molecule has 4 heteroatoms. The van der Waals surface area contributed by atoms with Crippen LogP contribution in [0.25, 0.3) is 0 Å². The second-order valence-corrected chi connectivity index (χ2v) is 5.97. The van der Waals surface area contributed by atoms with Crippen LogP contribution in [0.3, 0.4) is 0 Å². The molecule has 0 aromatic heterocycles. The second kappa shape index (κ2) is 3.91. The minimum Gasteiger partial charge on any atom is -0.197 e. The van der Waals surface area contributed by atoms with Crippen LogP contribution in [0.5, 0.6) is 0 Å². The van der Waals surface area contributed by atoms with Crippen LogP contribution >= 0.6 is 45.2 Å². The maximum absolute atomic E-state index is 9.09. The van der Waals surface area contributed by atoms with Gasteiger partial charge in [-0.2, -0.15) is 10.5 Å².